The second kappa shape index (κ2) is 6.63. The van der Waals surface area contributed by atoms with Gasteiger partial charge in [-0.15, -0.1) is 0 Å². The lowest BCUT2D eigenvalue weighted by Crippen LogP contribution is -2.42. The number of rotatable bonds is 3. The number of piperidine rings is 1. The Kier molecular flexibility index (Phi) is 4.40. The van der Waals surface area contributed by atoms with Gasteiger partial charge in [0, 0.05) is 19.1 Å². The monoisotopic (exact) mass is 313 g/mol. The smallest absolute Gasteiger partial charge is 0.158 e. The van der Waals surface area contributed by atoms with Gasteiger partial charge in [-0.1, -0.05) is 23.7 Å². The van der Waals surface area contributed by atoms with Crippen LogP contribution < -0.4 is 10.2 Å². The Bertz CT molecular complexity index is 680. The summed E-state index contributed by atoms with van der Waals surface area (Å²) < 4.78 is 0. The third-order valence-corrected chi connectivity index (χ3v) is 4.05. The standard InChI is InChI=1S/C16H16ClN5/c17-14-5-1-2-6-15(14)22-7-3-4-12(11-22)21-16-10-19-13(8-18)9-20-16/h1-2,5-6,9-10,12H,3-4,7,11H2,(H,20,21). The van der Waals surface area contributed by atoms with Gasteiger partial charge in [-0.25, -0.2) is 9.97 Å². The molecule has 0 radical (unpaired) electrons. The number of halogens is 1. The summed E-state index contributed by atoms with van der Waals surface area (Å²) in [6.07, 6.45) is 5.25. The molecule has 6 heteroatoms. The van der Waals surface area contributed by atoms with E-state index in [1.165, 1.54) is 6.20 Å². The van der Waals surface area contributed by atoms with Crippen LogP contribution in [-0.4, -0.2) is 29.1 Å². The van der Waals surface area contributed by atoms with E-state index >= 15 is 0 Å². The molecule has 5 nitrogen and oxygen atoms in total. The van der Waals surface area contributed by atoms with Gasteiger partial charge in [0.1, 0.15) is 11.9 Å². The van der Waals surface area contributed by atoms with Gasteiger partial charge in [0.15, 0.2) is 5.69 Å². The van der Waals surface area contributed by atoms with Crippen LogP contribution in [0.5, 0.6) is 0 Å². The van der Waals surface area contributed by atoms with Gasteiger partial charge in [-0.05, 0) is 25.0 Å². The minimum Gasteiger partial charge on any atom is -0.368 e. The van der Waals surface area contributed by atoms with Crippen LogP contribution in [-0.2, 0) is 0 Å². The summed E-state index contributed by atoms with van der Waals surface area (Å²) in [6.45, 7) is 1.87. The summed E-state index contributed by atoms with van der Waals surface area (Å²) in [7, 11) is 0. The fourth-order valence-electron chi connectivity index (χ4n) is 2.69. The van der Waals surface area contributed by atoms with E-state index in [1.54, 1.807) is 6.20 Å². The normalized spacial score (nSPS) is 17.8. The second-order valence-electron chi connectivity index (χ2n) is 5.28. The molecule has 1 aliphatic heterocycles. The molecule has 0 bridgehead atoms. The Morgan fingerprint density at radius 2 is 2.14 bits per heavy atom. The maximum atomic E-state index is 8.74. The van der Waals surface area contributed by atoms with E-state index in [-0.39, 0.29) is 6.04 Å². The SMILES string of the molecule is N#Cc1cnc(NC2CCCN(c3ccccc3Cl)C2)cn1. The second-order valence-corrected chi connectivity index (χ2v) is 5.69. The van der Waals surface area contributed by atoms with Gasteiger partial charge < -0.3 is 10.2 Å². The molecule has 1 N–H and O–H groups in total. The number of nitrogens with one attached hydrogen (secondary N) is 1. The molecule has 0 saturated carbocycles. The molecule has 1 unspecified atom stereocenters. The largest absolute Gasteiger partial charge is 0.368 e. The molecule has 0 aliphatic carbocycles. The molecular formula is C16H16ClN5. The van der Waals surface area contributed by atoms with Gasteiger partial charge >= 0.3 is 0 Å². The van der Waals surface area contributed by atoms with Crippen LogP contribution in [0.25, 0.3) is 0 Å². The third kappa shape index (κ3) is 3.29. The van der Waals surface area contributed by atoms with E-state index in [1.807, 2.05) is 30.3 Å². The maximum absolute atomic E-state index is 8.74. The number of aromatic nitrogens is 2. The summed E-state index contributed by atoms with van der Waals surface area (Å²) in [6, 6.07) is 10.2. The van der Waals surface area contributed by atoms with Crippen molar-refractivity contribution in [1.82, 2.24) is 9.97 Å². The molecule has 3 rings (SSSR count). The number of benzene rings is 1. The van der Waals surface area contributed by atoms with Crippen molar-refractivity contribution in [2.45, 2.75) is 18.9 Å². The first kappa shape index (κ1) is 14.6. The van der Waals surface area contributed by atoms with Crippen LogP contribution in [0.3, 0.4) is 0 Å². The fourth-order valence-corrected chi connectivity index (χ4v) is 2.95. The van der Waals surface area contributed by atoms with Crippen molar-refractivity contribution in [3.63, 3.8) is 0 Å². The highest BCUT2D eigenvalue weighted by atomic mass is 35.5. The Balaban J connectivity index is 1.68. The minimum absolute atomic E-state index is 0.284. The van der Waals surface area contributed by atoms with E-state index in [4.69, 9.17) is 16.9 Å². The molecule has 2 aromatic rings. The Morgan fingerprint density at radius 1 is 1.27 bits per heavy atom. The molecule has 0 spiro atoms. The number of nitriles is 1. The number of para-hydroxylation sites is 1. The highest BCUT2D eigenvalue weighted by Gasteiger charge is 2.21. The van der Waals surface area contributed by atoms with Gasteiger partial charge in [-0.3, -0.25) is 0 Å². The van der Waals surface area contributed by atoms with Crippen LogP contribution in [0.2, 0.25) is 5.02 Å². The highest BCUT2D eigenvalue weighted by molar-refractivity contribution is 6.33. The lowest BCUT2D eigenvalue weighted by atomic mass is 10.0. The van der Waals surface area contributed by atoms with Crippen LogP contribution in [0.1, 0.15) is 18.5 Å². The summed E-state index contributed by atoms with van der Waals surface area (Å²) in [5.74, 6) is 0.699. The first-order valence-electron chi connectivity index (χ1n) is 7.24. The summed E-state index contributed by atoms with van der Waals surface area (Å²) in [5, 5.41) is 12.9. The number of hydrogen-bond donors (Lipinski definition) is 1. The quantitative estimate of drug-likeness (QED) is 0.943. The lowest BCUT2D eigenvalue weighted by Gasteiger charge is -2.35. The number of nitrogens with zero attached hydrogens (tertiary/aromatic N) is 4. The summed E-state index contributed by atoms with van der Waals surface area (Å²) in [5.41, 5.74) is 1.40. The van der Waals surface area contributed by atoms with Crippen molar-refractivity contribution in [3.05, 3.63) is 47.4 Å². The molecule has 2 heterocycles. The van der Waals surface area contributed by atoms with Crippen molar-refractivity contribution in [2.24, 2.45) is 0 Å². The van der Waals surface area contributed by atoms with E-state index in [0.717, 1.165) is 36.6 Å². The zero-order chi connectivity index (χ0) is 15.4. The van der Waals surface area contributed by atoms with Crippen LogP contribution in [0.4, 0.5) is 11.5 Å². The Labute approximate surface area is 134 Å². The molecule has 112 valence electrons. The van der Waals surface area contributed by atoms with E-state index < -0.39 is 0 Å². The van der Waals surface area contributed by atoms with Crippen molar-refractivity contribution in [2.75, 3.05) is 23.3 Å². The topological polar surface area (TPSA) is 64.8 Å². The third-order valence-electron chi connectivity index (χ3n) is 3.73. The van der Waals surface area contributed by atoms with Gasteiger partial charge in [-0.2, -0.15) is 5.26 Å². The molecular weight excluding hydrogens is 298 g/mol. The molecule has 1 aromatic heterocycles. The van der Waals surface area contributed by atoms with Crippen LogP contribution in [0.15, 0.2) is 36.7 Å². The van der Waals surface area contributed by atoms with Crippen molar-refractivity contribution in [3.8, 4) is 6.07 Å². The Morgan fingerprint density at radius 3 is 2.86 bits per heavy atom. The molecule has 0 amide bonds. The molecule has 1 saturated heterocycles. The van der Waals surface area contributed by atoms with Gasteiger partial charge in [0.05, 0.1) is 23.1 Å². The lowest BCUT2D eigenvalue weighted by molar-refractivity contribution is 0.529. The minimum atomic E-state index is 0.284. The van der Waals surface area contributed by atoms with E-state index in [2.05, 4.69) is 20.2 Å². The maximum Gasteiger partial charge on any atom is 0.158 e. The molecule has 1 aromatic carbocycles. The molecule has 1 fully saturated rings. The van der Waals surface area contributed by atoms with Crippen molar-refractivity contribution >= 4 is 23.1 Å². The molecule has 1 atom stereocenters. The molecule has 22 heavy (non-hydrogen) atoms. The predicted octanol–water partition coefficient (Wildman–Crippen LogP) is 3.08. The van der Waals surface area contributed by atoms with E-state index in [0.29, 0.717) is 11.5 Å². The average Bonchev–Trinajstić information content (AvgIpc) is 2.56. The summed E-state index contributed by atoms with van der Waals surface area (Å²) in [4.78, 5) is 10.5. The first-order chi connectivity index (χ1) is 10.8. The summed E-state index contributed by atoms with van der Waals surface area (Å²) >= 11 is 6.28. The van der Waals surface area contributed by atoms with Gasteiger partial charge in [0.25, 0.3) is 0 Å². The van der Waals surface area contributed by atoms with Gasteiger partial charge in [0.2, 0.25) is 0 Å². The fraction of sp³-hybridized carbons (Fsp3) is 0.312. The first-order valence-corrected chi connectivity index (χ1v) is 7.62. The van der Waals surface area contributed by atoms with Crippen molar-refractivity contribution < 1.29 is 0 Å². The Hall–Kier alpha value is -2.32. The number of anilines is 2. The predicted molar refractivity (Wildman–Crippen MR) is 87.1 cm³/mol. The highest BCUT2D eigenvalue weighted by Crippen LogP contribution is 2.28. The van der Waals surface area contributed by atoms with E-state index in [9.17, 15) is 0 Å². The molecule has 1 aliphatic rings. The number of hydrogen-bond acceptors (Lipinski definition) is 5. The zero-order valence-electron chi connectivity index (χ0n) is 12.0. The van der Waals surface area contributed by atoms with Crippen LogP contribution >= 0.6 is 11.6 Å². The average molecular weight is 314 g/mol. The van der Waals surface area contributed by atoms with Crippen molar-refractivity contribution in [1.29, 1.82) is 5.26 Å². The van der Waals surface area contributed by atoms with Crippen LogP contribution in [0, 0.1) is 11.3 Å². The zero-order valence-corrected chi connectivity index (χ0v) is 12.8.